The number of carbonyl (C=O) groups excluding carboxylic acids is 1. The summed E-state index contributed by atoms with van der Waals surface area (Å²) >= 11 is 0. The molecule has 0 atom stereocenters. The van der Waals surface area contributed by atoms with Gasteiger partial charge in [0.2, 0.25) is 0 Å². The Morgan fingerprint density at radius 3 is 1.18 bits per heavy atom. The van der Waals surface area contributed by atoms with Gasteiger partial charge in [0.05, 0.1) is 34.2 Å². The molecule has 6 rings (SSSR count). The van der Waals surface area contributed by atoms with Crippen molar-refractivity contribution in [2.75, 3.05) is 0 Å². The Kier molecular flexibility index (Phi) is 12.1. The minimum atomic E-state index is 0. The van der Waals surface area contributed by atoms with Crippen LogP contribution in [0.5, 0.6) is 0 Å². The first kappa shape index (κ1) is 29.7. The molecule has 6 heterocycles. The SMILES string of the molecule is Cc1ccnc(-c2cc(C=O)ccn2)c1.[Ru].c1ccc(-c2ccccn2)nc1.c1ccc(-c2ccccn2)nc1. The molecule has 0 unspecified atom stereocenters. The molecule has 0 saturated carbocycles. The molecule has 8 heteroatoms. The molecule has 0 N–H and O–H groups in total. The second-order valence-corrected chi connectivity index (χ2v) is 8.17. The monoisotopic (exact) mass is 612 g/mol. The van der Waals surface area contributed by atoms with Crippen LogP contribution in [0.2, 0.25) is 0 Å². The molecular formula is C32H26N6ORu. The van der Waals surface area contributed by atoms with E-state index in [1.54, 1.807) is 49.3 Å². The van der Waals surface area contributed by atoms with Crippen molar-refractivity contribution in [3.63, 3.8) is 0 Å². The van der Waals surface area contributed by atoms with E-state index < -0.39 is 0 Å². The van der Waals surface area contributed by atoms with Gasteiger partial charge in [-0.05, 0) is 85.3 Å². The van der Waals surface area contributed by atoms with Gasteiger partial charge in [-0.1, -0.05) is 24.3 Å². The first-order chi connectivity index (χ1) is 19.2. The molecule has 198 valence electrons. The van der Waals surface area contributed by atoms with Crippen LogP contribution in [0.15, 0.2) is 134 Å². The summed E-state index contributed by atoms with van der Waals surface area (Å²) in [4.78, 5) is 35.7. The standard InChI is InChI=1S/C12H10N2O.2C10H8N2.Ru/c1-9-2-4-13-11(6-9)12-7-10(8-15)3-5-14-12;2*1-3-7-11-9(5-1)10-6-2-4-8-12-10;/h2-8H,1H3;2*1-8H;. The third-order valence-corrected chi connectivity index (χ3v) is 5.28. The zero-order chi connectivity index (χ0) is 27.1. The maximum Gasteiger partial charge on any atom is 0.150 e. The molecule has 0 fully saturated rings. The molecule has 0 spiro atoms. The molecule has 0 bridgehead atoms. The molecule has 7 nitrogen and oxygen atoms in total. The second-order valence-electron chi connectivity index (χ2n) is 8.17. The van der Waals surface area contributed by atoms with Crippen molar-refractivity contribution in [1.29, 1.82) is 0 Å². The van der Waals surface area contributed by atoms with Gasteiger partial charge < -0.3 is 0 Å². The number of aryl methyl sites for hydroxylation is 1. The third kappa shape index (κ3) is 9.19. The molecule has 6 aromatic rings. The van der Waals surface area contributed by atoms with Gasteiger partial charge in [0.1, 0.15) is 6.29 Å². The van der Waals surface area contributed by atoms with Crippen molar-refractivity contribution in [1.82, 2.24) is 29.9 Å². The van der Waals surface area contributed by atoms with Crippen molar-refractivity contribution in [3.8, 4) is 34.2 Å². The maximum atomic E-state index is 10.6. The molecule has 0 aliphatic rings. The number of hydrogen-bond acceptors (Lipinski definition) is 7. The molecule has 0 aliphatic carbocycles. The zero-order valence-corrected chi connectivity index (χ0v) is 23.5. The van der Waals surface area contributed by atoms with Gasteiger partial charge in [0.15, 0.2) is 0 Å². The van der Waals surface area contributed by atoms with Crippen LogP contribution in [0, 0.1) is 6.92 Å². The molecule has 0 aromatic carbocycles. The van der Waals surface area contributed by atoms with Crippen LogP contribution in [0.4, 0.5) is 0 Å². The van der Waals surface area contributed by atoms with Gasteiger partial charge in [0.25, 0.3) is 0 Å². The fourth-order valence-electron chi connectivity index (χ4n) is 3.39. The summed E-state index contributed by atoms with van der Waals surface area (Å²) in [5.74, 6) is 0. The summed E-state index contributed by atoms with van der Waals surface area (Å²) < 4.78 is 0. The molecular weight excluding hydrogens is 585 g/mol. The van der Waals surface area contributed by atoms with Crippen LogP contribution in [0.1, 0.15) is 15.9 Å². The van der Waals surface area contributed by atoms with Crippen LogP contribution in [-0.2, 0) is 19.5 Å². The van der Waals surface area contributed by atoms with E-state index in [4.69, 9.17) is 0 Å². The molecule has 6 aromatic heterocycles. The van der Waals surface area contributed by atoms with Crippen molar-refractivity contribution in [2.45, 2.75) is 6.92 Å². The Labute approximate surface area is 246 Å². The predicted octanol–water partition coefficient (Wildman–Crippen LogP) is 6.55. The van der Waals surface area contributed by atoms with Crippen molar-refractivity contribution in [3.05, 3.63) is 145 Å². The van der Waals surface area contributed by atoms with Crippen LogP contribution >= 0.6 is 0 Å². The van der Waals surface area contributed by atoms with Crippen molar-refractivity contribution in [2.24, 2.45) is 0 Å². The summed E-state index contributed by atoms with van der Waals surface area (Å²) in [6.45, 7) is 1.99. The predicted molar refractivity (Wildman–Crippen MR) is 153 cm³/mol. The van der Waals surface area contributed by atoms with Crippen LogP contribution < -0.4 is 0 Å². The molecule has 0 radical (unpaired) electrons. The van der Waals surface area contributed by atoms with Gasteiger partial charge >= 0.3 is 0 Å². The smallest absolute Gasteiger partial charge is 0.150 e. The topological polar surface area (TPSA) is 94.4 Å². The van der Waals surface area contributed by atoms with Crippen LogP contribution in [0.3, 0.4) is 0 Å². The number of nitrogens with zero attached hydrogens (tertiary/aromatic N) is 6. The molecule has 0 amide bonds. The Balaban J connectivity index is 0.000000165. The fourth-order valence-corrected chi connectivity index (χ4v) is 3.39. The van der Waals surface area contributed by atoms with E-state index in [-0.39, 0.29) is 19.5 Å². The third-order valence-electron chi connectivity index (χ3n) is 5.28. The minimum absolute atomic E-state index is 0. The number of aldehydes is 1. The fraction of sp³-hybridized carbons (Fsp3) is 0.0312. The number of rotatable bonds is 4. The van der Waals surface area contributed by atoms with Crippen molar-refractivity contribution < 1.29 is 24.3 Å². The summed E-state index contributed by atoms with van der Waals surface area (Å²) in [6.07, 6.45) is 11.2. The summed E-state index contributed by atoms with van der Waals surface area (Å²) in [6, 6.07) is 30.5. The quantitative estimate of drug-likeness (QED) is 0.165. The van der Waals surface area contributed by atoms with E-state index in [1.807, 2.05) is 91.9 Å². The summed E-state index contributed by atoms with van der Waals surface area (Å²) in [5, 5.41) is 0. The first-order valence-electron chi connectivity index (χ1n) is 12.2. The summed E-state index contributed by atoms with van der Waals surface area (Å²) in [5.41, 5.74) is 6.91. The van der Waals surface area contributed by atoms with Gasteiger partial charge in [-0.15, -0.1) is 0 Å². The Hall–Kier alpha value is -4.81. The van der Waals surface area contributed by atoms with Crippen LogP contribution in [-0.4, -0.2) is 36.2 Å². The van der Waals surface area contributed by atoms with Gasteiger partial charge in [-0.3, -0.25) is 34.7 Å². The Bertz CT molecular complexity index is 1420. The number of pyridine rings is 6. The van der Waals surface area contributed by atoms with E-state index in [2.05, 4.69) is 29.9 Å². The molecule has 0 saturated heterocycles. The van der Waals surface area contributed by atoms with E-state index in [9.17, 15) is 4.79 Å². The average Bonchev–Trinajstić information content (AvgIpc) is 3.03. The van der Waals surface area contributed by atoms with E-state index >= 15 is 0 Å². The Morgan fingerprint density at radius 1 is 0.450 bits per heavy atom. The summed E-state index contributed by atoms with van der Waals surface area (Å²) in [7, 11) is 0. The largest absolute Gasteiger partial charge is 0.298 e. The normalized spacial score (nSPS) is 9.53. The van der Waals surface area contributed by atoms with Gasteiger partial charge in [-0.25, -0.2) is 0 Å². The van der Waals surface area contributed by atoms with E-state index in [1.165, 1.54) is 0 Å². The number of carbonyl (C=O) groups is 1. The second kappa shape index (κ2) is 16.2. The zero-order valence-electron chi connectivity index (χ0n) is 21.7. The van der Waals surface area contributed by atoms with Crippen LogP contribution in [0.25, 0.3) is 34.2 Å². The van der Waals surface area contributed by atoms with E-state index in [0.717, 1.165) is 46.0 Å². The van der Waals surface area contributed by atoms with E-state index in [0.29, 0.717) is 5.56 Å². The van der Waals surface area contributed by atoms with Gasteiger partial charge in [0, 0.05) is 62.2 Å². The maximum absolute atomic E-state index is 10.6. The first-order valence-corrected chi connectivity index (χ1v) is 12.2. The molecule has 0 aliphatic heterocycles. The number of aromatic nitrogens is 6. The van der Waals surface area contributed by atoms with Crippen molar-refractivity contribution >= 4 is 6.29 Å². The minimum Gasteiger partial charge on any atom is -0.298 e. The number of hydrogen-bond donors (Lipinski definition) is 0. The Morgan fingerprint density at radius 2 is 0.825 bits per heavy atom. The average molecular weight is 612 g/mol. The van der Waals surface area contributed by atoms with Gasteiger partial charge in [-0.2, -0.15) is 0 Å². The molecule has 40 heavy (non-hydrogen) atoms.